The number of hydrogen-bond donors (Lipinski definition) is 1. The van der Waals surface area contributed by atoms with Gasteiger partial charge in [-0.3, -0.25) is 0 Å². The van der Waals surface area contributed by atoms with Crippen LogP contribution in [0.5, 0.6) is 0 Å². The van der Waals surface area contributed by atoms with Gasteiger partial charge in [-0.25, -0.2) is 0 Å². The molecule has 0 spiro atoms. The zero-order valence-electron chi connectivity index (χ0n) is 6.87. The van der Waals surface area contributed by atoms with E-state index in [1.54, 1.807) is 0 Å². The average molecular weight is 242 g/mol. The molecule has 0 saturated carbocycles. The summed E-state index contributed by atoms with van der Waals surface area (Å²) in [5.41, 5.74) is -3.59. The zero-order valence-corrected chi connectivity index (χ0v) is 9.99. The van der Waals surface area contributed by atoms with Crippen molar-refractivity contribution in [3.05, 3.63) is 11.8 Å². The van der Waals surface area contributed by atoms with Crippen LogP contribution in [0.4, 0.5) is 26.1 Å². The van der Waals surface area contributed by atoms with Crippen molar-refractivity contribution < 1.29 is 77.5 Å². The normalized spacial score (nSPS) is 12.4. The van der Waals surface area contributed by atoms with Crippen LogP contribution in [0.1, 0.15) is 5.56 Å². The molecule has 10 heteroatoms. The maximum absolute atomic E-state index is 11.9. The molecule has 0 fully saturated rings. The molecule has 1 aromatic heterocycles. The number of alkyl halides is 3. The zero-order chi connectivity index (χ0) is 10.3. The van der Waals surface area contributed by atoms with E-state index in [0.29, 0.717) is 0 Å². The summed E-state index contributed by atoms with van der Waals surface area (Å²) >= 11 is 0. The molecule has 74 valence electrons. The first-order valence-corrected chi connectivity index (χ1v) is 3.03. The maximum Gasteiger partial charge on any atom is 1.00 e. The van der Waals surface area contributed by atoms with Gasteiger partial charge in [0.25, 0.3) is 0 Å². The molecule has 0 atom stereocenters. The summed E-state index contributed by atoms with van der Waals surface area (Å²) in [5, 5.41) is 3.99. The molecular weight excluding hydrogens is 240 g/mol. The first-order chi connectivity index (χ1) is 5.73. The first kappa shape index (κ1) is 14.5. The van der Waals surface area contributed by atoms with Crippen molar-refractivity contribution in [3.8, 4) is 0 Å². The topological polar surface area (TPSA) is 28.7 Å². The molecular formula is C4H2BF6KN2. The van der Waals surface area contributed by atoms with E-state index in [0.717, 1.165) is 0 Å². The number of aromatic amines is 1. The van der Waals surface area contributed by atoms with Crippen molar-refractivity contribution in [2.75, 3.05) is 0 Å². The van der Waals surface area contributed by atoms with Crippen LogP contribution < -0.4 is 57.0 Å². The summed E-state index contributed by atoms with van der Waals surface area (Å²) in [4.78, 5) is 0. The Bertz CT molecular complexity index is 275. The van der Waals surface area contributed by atoms with Gasteiger partial charge in [-0.05, 0) is 5.59 Å². The summed E-state index contributed by atoms with van der Waals surface area (Å²) in [6.45, 7) is -5.70. The Balaban J connectivity index is 0.00000169. The Hall–Kier alpha value is 0.491. The van der Waals surface area contributed by atoms with Crippen LogP contribution >= 0.6 is 0 Å². The van der Waals surface area contributed by atoms with Crippen LogP contribution in [0.15, 0.2) is 6.20 Å². The third-order valence-corrected chi connectivity index (χ3v) is 1.30. The van der Waals surface area contributed by atoms with Crippen molar-refractivity contribution in [3.63, 3.8) is 0 Å². The summed E-state index contributed by atoms with van der Waals surface area (Å²) in [7, 11) is 0. The van der Waals surface area contributed by atoms with Gasteiger partial charge in [0.05, 0.1) is 11.8 Å². The molecule has 2 nitrogen and oxygen atoms in total. The number of halogens is 6. The van der Waals surface area contributed by atoms with Gasteiger partial charge in [-0.2, -0.15) is 18.3 Å². The minimum Gasteiger partial charge on any atom is -0.444 e. The van der Waals surface area contributed by atoms with E-state index in [2.05, 4.69) is 5.10 Å². The number of nitrogens with zero attached hydrogens (tertiary/aromatic N) is 1. The molecule has 0 aliphatic heterocycles. The van der Waals surface area contributed by atoms with E-state index in [1.807, 2.05) is 0 Å². The van der Waals surface area contributed by atoms with Crippen molar-refractivity contribution in [2.45, 2.75) is 6.18 Å². The number of nitrogens with one attached hydrogen (secondary N) is 1. The smallest absolute Gasteiger partial charge is 0.444 e. The van der Waals surface area contributed by atoms with E-state index in [1.165, 1.54) is 5.10 Å². The maximum atomic E-state index is 11.9. The monoisotopic (exact) mass is 242 g/mol. The molecule has 0 aromatic carbocycles. The Morgan fingerprint density at radius 2 is 1.71 bits per heavy atom. The first-order valence-electron chi connectivity index (χ1n) is 3.03. The SMILES string of the molecule is F[B-](F)(F)c1[nH]ncc1C(F)(F)F.[K+]. The summed E-state index contributed by atoms with van der Waals surface area (Å²) in [5.74, 6) is 0. The molecule has 1 heterocycles. The molecule has 1 aromatic rings. The molecule has 0 radical (unpaired) electrons. The van der Waals surface area contributed by atoms with E-state index < -0.39 is 24.3 Å². The fraction of sp³-hybridized carbons (Fsp3) is 0.250. The van der Waals surface area contributed by atoms with Crippen LogP contribution in [-0.4, -0.2) is 17.2 Å². The van der Waals surface area contributed by atoms with Gasteiger partial charge in [0.15, 0.2) is 0 Å². The standard InChI is InChI=1S/C4H2BF6N2.K/c6-4(7,8)2-1-12-13-3(2)5(9,10)11;/h1H,(H,12,13);/q-1;+1. The predicted octanol–water partition coefficient (Wildman–Crippen LogP) is -1.51. The minimum atomic E-state index is -5.70. The molecule has 1 rings (SSSR count). The van der Waals surface area contributed by atoms with Crippen molar-refractivity contribution in [1.82, 2.24) is 10.2 Å². The minimum absolute atomic E-state index is 0. The van der Waals surface area contributed by atoms with Gasteiger partial charge in [0.2, 0.25) is 0 Å². The third kappa shape index (κ3) is 3.26. The quantitative estimate of drug-likeness (QED) is 0.470. The fourth-order valence-corrected chi connectivity index (χ4v) is 0.772. The second-order valence-electron chi connectivity index (χ2n) is 2.27. The van der Waals surface area contributed by atoms with Gasteiger partial charge in [-0.1, -0.05) is 0 Å². The van der Waals surface area contributed by atoms with Crippen molar-refractivity contribution >= 4 is 12.6 Å². The Labute approximate surface area is 117 Å². The molecule has 0 saturated heterocycles. The summed E-state index contributed by atoms with van der Waals surface area (Å²) < 4.78 is 71.3. The van der Waals surface area contributed by atoms with E-state index in [-0.39, 0.29) is 57.6 Å². The van der Waals surface area contributed by atoms with E-state index in [4.69, 9.17) is 0 Å². The van der Waals surface area contributed by atoms with Gasteiger partial charge in [0, 0.05) is 0 Å². The Morgan fingerprint density at radius 1 is 1.21 bits per heavy atom. The third-order valence-electron chi connectivity index (χ3n) is 1.30. The van der Waals surface area contributed by atoms with Crippen LogP contribution in [0.25, 0.3) is 0 Å². The Kier molecular flexibility index (Phi) is 4.72. The molecule has 0 amide bonds. The second kappa shape index (κ2) is 4.56. The van der Waals surface area contributed by atoms with Gasteiger partial charge in [0.1, 0.15) is 0 Å². The Morgan fingerprint density at radius 3 is 2.00 bits per heavy atom. The summed E-state index contributed by atoms with van der Waals surface area (Å²) in [6.07, 6.45) is -4.91. The van der Waals surface area contributed by atoms with Gasteiger partial charge >= 0.3 is 64.5 Å². The van der Waals surface area contributed by atoms with Gasteiger partial charge < -0.3 is 18.0 Å². The average Bonchev–Trinajstić information content (AvgIpc) is 2.27. The molecule has 0 bridgehead atoms. The molecule has 14 heavy (non-hydrogen) atoms. The van der Waals surface area contributed by atoms with E-state index >= 15 is 0 Å². The molecule has 0 unspecified atom stereocenters. The summed E-state index contributed by atoms with van der Waals surface area (Å²) in [6, 6.07) is 0. The van der Waals surface area contributed by atoms with Crippen LogP contribution in [0.2, 0.25) is 0 Å². The second-order valence-corrected chi connectivity index (χ2v) is 2.27. The van der Waals surface area contributed by atoms with Crippen LogP contribution in [-0.2, 0) is 6.18 Å². The van der Waals surface area contributed by atoms with Crippen LogP contribution in [0, 0.1) is 0 Å². The number of H-pyrrole nitrogens is 1. The van der Waals surface area contributed by atoms with Crippen molar-refractivity contribution in [2.24, 2.45) is 0 Å². The molecule has 0 aliphatic carbocycles. The number of hydrogen-bond acceptors (Lipinski definition) is 1. The van der Waals surface area contributed by atoms with E-state index in [9.17, 15) is 26.1 Å². The largest absolute Gasteiger partial charge is 1.00 e. The molecule has 0 aliphatic rings. The number of rotatable bonds is 1. The van der Waals surface area contributed by atoms with Crippen molar-refractivity contribution in [1.29, 1.82) is 0 Å². The van der Waals surface area contributed by atoms with Crippen LogP contribution in [0.3, 0.4) is 0 Å². The number of aromatic nitrogens is 2. The fourth-order valence-electron chi connectivity index (χ4n) is 0.772. The molecule has 1 N–H and O–H groups in total. The van der Waals surface area contributed by atoms with Gasteiger partial charge in [-0.15, -0.1) is 0 Å². The predicted molar refractivity (Wildman–Crippen MR) is 32.3 cm³/mol.